The molecule has 0 amide bonds. The highest BCUT2D eigenvalue weighted by Crippen LogP contribution is 2.23. The van der Waals surface area contributed by atoms with Crippen LogP contribution in [0.3, 0.4) is 0 Å². The van der Waals surface area contributed by atoms with Gasteiger partial charge in [-0.1, -0.05) is 12.1 Å². The number of fused-ring (bicyclic) bond motifs is 1. The number of hydrogen-bond acceptors (Lipinski definition) is 4. The Balaban J connectivity index is 2.03. The average molecular weight is 280 g/mol. The molecule has 0 bridgehead atoms. The van der Waals surface area contributed by atoms with Crippen LogP contribution in [-0.2, 0) is 0 Å². The van der Waals surface area contributed by atoms with Crippen LogP contribution in [0.2, 0.25) is 0 Å². The molecule has 21 heavy (non-hydrogen) atoms. The molecule has 0 radical (unpaired) electrons. The number of nitrogens with zero attached hydrogens (tertiary/aromatic N) is 4. The summed E-state index contributed by atoms with van der Waals surface area (Å²) in [7, 11) is 0. The molecule has 0 saturated carbocycles. The Morgan fingerprint density at radius 3 is 2.76 bits per heavy atom. The third kappa shape index (κ3) is 2.25. The van der Waals surface area contributed by atoms with E-state index < -0.39 is 11.7 Å². The lowest BCUT2D eigenvalue weighted by Crippen LogP contribution is -2.11. The number of carbonyl (C=O) groups is 1. The summed E-state index contributed by atoms with van der Waals surface area (Å²) in [6, 6.07) is 7.29. The van der Waals surface area contributed by atoms with Gasteiger partial charge in [-0.25, -0.2) is 8.91 Å². The van der Waals surface area contributed by atoms with E-state index >= 15 is 0 Å². The standard InChI is InChI=1S/C15H9FN4O/c16-11-3-1-10(2-4-11)12(7-17)15(21)13-8-19-20-6-5-18-9-14(13)20/h1-6,8-9,12H. The predicted octanol–water partition coefficient (Wildman–Crippen LogP) is 2.36. The van der Waals surface area contributed by atoms with Crippen molar-refractivity contribution in [3.05, 3.63) is 66.0 Å². The van der Waals surface area contributed by atoms with Crippen molar-refractivity contribution >= 4 is 11.3 Å². The number of benzene rings is 1. The number of ketones is 1. The molecule has 2 heterocycles. The first-order valence-electron chi connectivity index (χ1n) is 6.17. The molecule has 3 aromatic rings. The maximum atomic E-state index is 12.9. The largest absolute Gasteiger partial charge is 0.292 e. The Morgan fingerprint density at radius 1 is 1.29 bits per heavy atom. The van der Waals surface area contributed by atoms with Crippen molar-refractivity contribution in [2.45, 2.75) is 5.92 Å². The number of hydrogen-bond donors (Lipinski definition) is 0. The molecule has 0 aliphatic rings. The van der Waals surface area contributed by atoms with Gasteiger partial charge in [0.2, 0.25) is 0 Å². The van der Waals surface area contributed by atoms with Crippen LogP contribution in [0.4, 0.5) is 4.39 Å². The normalized spacial score (nSPS) is 12.0. The Labute approximate surface area is 119 Å². The number of aromatic nitrogens is 3. The van der Waals surface area contributed by atoms with Gasteiger partial charge in [-0.2, -0.15) is 10.4 Å². The van der Waals surface area contributed by atoms with E-state index in [1.165, 1.54) is 41.2 Å². The van der Waals surface area contributed by atoms with Crippen LogP contribution in [0.25, 0.3) is 5.52 Å². The van der Waals surface area contributed by atoms with Crippen molar-refractivity contribution < 1.29 is 9.18 Å². The maximum absolute atomic E-state index is 12.9. The van der Waals surface area contributed by atoms with Crippen LogP contribution >= 0.6 is 0 Å². The fourth-order valence-electron chi connectivity index (χ4n) is 2.12. The van der Waals surface area contributed by atoms with Crippen molar-refractivity contribution in [2.75, 3.05) is 0 Å². The van der Waals surface area contributed by atoms with Gasteiger partial charge < -0.3 is 0 Å². The van der Waals surface area contributed by atoms with Gasteiger partial charge in [0.1, 0.15) is 11.7 Å². The molecule has 2 aromatic heterocycles. The van der Waals surface area contributed by atoms with Gasteiger partial charge in [0.25, 0.3) is 0 Å². The minimum Gasteiger partial charge on any atom is -0.292 e. The highest BCUT2D eigenvalue weighted by atomic mass is 19.1. The van der Waals surface area contributed by atoms with Crippen LogP contribution in [0.1, 0.15) is 21.8 Å². The molecule has 6 heteroatoms. The summed E-state index contributed by atoms with van der Waals surface area (Å²) in [5.74, 6) is -1.80. The zero-order valence-electron chi connectivity index (χ0n) is 10.8. The van der Waals surface area contributed by atoms with Crippen molar-refractivity contribution in [1.29, 1.82) is 5.26 Å². The minimum absolute atomic E-state index is 0.318. The number of Topliss-reactive ketones (excluding diaryl/α,β-unsaturated/α-hetero) is 1. The van der Waals surface area contributed by atoms with Crippen molar-refractivity contribution in [1.82, 2.24) is 14.6 Å². The van der Waals surface area contributed by atoms with Gasteiger partial charge in [-0.3, -0.25) is 9.78 Å². The van der Waals surface area contributed by atoms with Gasteiger partial charge in [0.15, 0.2) is 5.78 Å². The molecule has 0 N–H and O–H groups in total. The molecular weight excluding hydrogens is 271 g/mol. The van der Waals surface area contributed by atoms with Crippen LogP contribution in [-0.4, -0.2) is 20.4 Å². The zero-order valence-corrected chi connectivity index (χ0v) is 10.8. The SMILES string of the molecule is N#CC(C(=O)c1cnn2ccncc12)c1ccc(F)cc1. The first kappa shape index (κ1) is 12.9. The second kappa shape index (κ2) is 5.13. The lowest BCUT2D eigenvalue weighted by Gasteiger charge is -2.07. The Morgan fingerprint density at radius 2 is 2.05 bits per heavy atom. The van der Waals surface area contributed by atoms with Crippen LogP contribution in [0, 0.1) is 17.1 Å². The first-order chi connectivity index (χ1) is 10.2. The number of carbonyl (C=O) groups excluding carboxylic acids is 1. The van der Waals surface area contributed by atoms with Crippen LogP contribution < -0.4 is 0 Å². The second-order valence-corrected chi connectivity index (χ2v) is 4.44. The van der Waals surface area contributed by atoms with E-state index in [1.807, 2.05) is 6.07 Å². The van der Waals surface area contributed by atoms with Gasteiger partial charge in [-0.05, 0) is 17.7 Å². The summed E-state index contributed by atoms with van der Waals surface area (Å²) >= 11 is 0. The molecule has 0 saturated heterocycles. The van der Waals surface area contributed by atoms with Gasteiger partial charge >= 0.3 is 0 Å². The molecule has 1 aromatic carbocycles. The highest BCUT2D eigenvalue weighted by Gasteiger charge is 2.24. The molecule has 0 fully saturated rings. The summed E-state index contributed by atoms with van der Waals surface area (Å²) in [4.78, 5) is 16.5. The van der Waals surface area contributed by atoms with Crippen molar-refractivity contribution in [2.24, 2.45) is 0 Å². The van der Waals surface area contributed by atoms with E-state index in [0.29, 0.717) is 16.6 Å². The van der Waals surface area contributed by atoms with Crippen LogP contribution in [0.5, 0.6) is 0 Å². The fourth-order valence-corrected chi connectivity index (χ4v) is 2.12. The topological polar surface area (TPSA) is 71.0 Å². The van der Waals surface area contributed by atoms with E-state index in [0.717, 1.165) is 0 Å². The summed E-state index contributed by atoms with van der Waals surface area (Å²) in [5.41, 5.74) is 1.30. The highest BCUT2D eigenvalue weighted by molar-refractivity contribution is 6.07. The first-order valence-corrected chi connectivity index (χ1v) is 6.17. The summed E-state index contributed by atoms with van der Waals surface area (Å²) in [6.45, 7) is 0. The molecule has 0 aliphatic carbocycles. The molecule has 102 valence electrons. The molecule has 1 atom stereocenters. The Bertz CT molecular complexity index is 848. The monoisotopic (exact) mass is 280 g/mol. The van der Waals surface area contributed by atoms with Gasteiger partial charge in [-0.15, -0.1) is 0 Å². The van der Waals surface area contributed by atoms with Gasteiger partial charge in [0, 0.05) is 12.4 Å². The summed E-state index contributed by atoms with van der Waals surface area (Å²) < 4.78 is 14.5. The molecule has 1 unspecified atom stereocenters. The van der Waals surface area contributed by atoms with E-state index in [1.54, 1.807) is 12.4 Å². The zero-order chi connectivity index (χ0) is 14.8. The smallest absolute Gasteiger partial charge is 0.188 e. The summed E-state index contributed by atoms with van der Waals surface area (Å²) in [6.07, 6.45) is 6.09. The third-order valence-corrected chi connectivity index (χ3v) is 3.18. The second-order valence-electron chi connectivity index (χ2n) is 4.44. The third-order valence-electron chi connectivity index (χ3n) is 3.18. The molecular formula is C15H9FN4O. The molecule has 0 aliphatic heterocycles. The van der Waals surface area contributed by atoms with E-state index in [9.17, 15) is 14.4 Å². The quantitative estimate of drug-likeness (QED) is 0.690. The average Bonchev–Trinajstić information content (AvgIpc) is 2.94. The van der Waals surface area contributed by atoms with Crippen LogP contribution in [0.15, 0.2) is 49.1 Å². The Kier molecular flexibility index (Phi) is 3.16. The van der Waals surface area contributed by atoms with E-state index in [2.05, 4.69) is 10.1 Å². The van der Waals surface area contributed by atoms with Crippen molar-refractivity contribution in [3.8, 4) is 6.07 Å². The number of nitriles is 1. The van der Waals surface area contributed by atoms with Crippen molar-refractivity contribution in [3.63, 3.8) is 0 Å². The summed E-state index contributed by atoms with van der Waals surface area (Å²) in [5, 5.41) is 13.3. The predicted molar refractivity (Wildman–Crippen MR) is 72.1 cm³/mol. The lowest BCUT2D eigenvalue weighted by molar-refractivity contribution is 0.0980. The number of halogens is 1. The van der Waals surface area contributed by atoms with E-state index in [4.69, 9.17) is 0 Å². The molecule has 5 nitrogen and oxygen atoms in total. The number of rotatable bonds is 3. The Hall–Kier alpha value is -3.07. The van der Waals surface area contributed by atoms with Gasteiger partial charge in [0.05, 0.1) is 29.5 Å². The maximum Gasteiger partial charge on any atom is 0.188 e. The minimum atomic E-state index is -1.00. The fraction of sp³-hybridized carbons (Fsp3) is 0.0667. The van der Waals surface area contributed by atoms with E-state index in [-0.39, 0.29) is 5.78 Å². The molecule has 3 rings (SSSR count). The molecule has 0 spiro atoms. The lowest BCUT2D eigenvalue weighted by atomic mass is 9.92.